The second-order valence-corrected chi connectivity index (χ2v) is 8.48. The quantitative estimate of drug-likeness (QED) is 0.549. The number of aryl methyl sites for hydroxylation is 2. The lowest BCUT2D eigenvalue weighted by atomic mass is 10.1. The van der Waals surface area contributed by atoms with Gasteiger partial charge in [0.25, 0.3) is 5.91 Å². The predicted octanol–water partition coefficient (Wildman–Crippen LogP) is 4.82. The molecule has 2 aliphatic rings. The van der Waals surface area contributed by atoms with Gasteiger partial charge in [-0.2, -0.15) is 5.26 Å². The molecule has 6 heteroatoms. The summed E-state index contributed by atoms with van der Waals surface area (Å²) >= 11 is 0. The van der Waals surface area contributed by atoms with Crippen LogP contribution >= 0.6 is 0 Å². The van der Waals surface area contributed by atoms with E-state index in [0.29, 0.717) is 37.3 Å². The number of ether oxygens (including phenoxy) is 1. The van der Waals surface area contributed by atoms with Crippen LogP contribution in [0.25, 0.3) is 0 Å². The van der Waals surface area contributed by atoms with E-state index < -0.39 is 0 Å². The fourth-order valence-electron chi connectivity index (χ4n) is 4.26. The molecule has 2 heterocycles. The van der Waals surface area contributed by atoms with Crippen molar-refractivity contribution in [3.63, 3.8) is 0 Å². The monoisotopic (exact) mass is 436 g/mol. The summed E-state index contributed by atoms with van der Waals surface area (Å²) in [6, 6.07) is 21.2. The van der Waals surface area contributed by atoms with Gasteiger partial charge in [-0.15, -0.1) is 0 Å². The van der Waals surface area contributed by atoms with Gasteiger partial charge in [0, 0.05) is 31.7 Å². The smallest absolute Gasteiger partial charge is 0.254 e. The third-order valence-corrected chi connectivity index (χ3v) is 6.04. The Bertz CT molecular complexity index is 1310. The summed E-state index contributed by atoms with van der Waals surface area (Å²) in [5, 5.41) is 9.14. The van der Waals surface area contributed by atoms with Crippen molar-refractivity contribution >= 4 is 17.4 Å². The Morgan fingerprint density at radius 1 is 0.939 bits per heavy atom. The molecule has 0 atom stereocenters. The van der Waals surface area contributed by atoms with E-state index in [2.05, 4.69) is 24.0 Å². The number of aliphatic imine (C=N–C) groups is 1. The first-order chi connectivity index (χ1) is 16.0. The highest BCUT2D eigenvalue weighted by atomic mass is 16.5. The van der Waals surface area contributed by atoms with Gasteiger partial charge in [0.05, 0.1) is 17.2 Å². The maximum atomic E-state index is 13.0. The highest BCUT2D eigenvalue weighted by Gasteiger charge is 2.28. The molecule has 0 spiro atoms. The number of amides is 1. The summed E-state index contributed by atoms with van der Waals surface area (Å²) in [7, 11) is 0. The molecule has 0 unspecified atom stereocenters. The third kappa shape index (κ3) is 4.06. The molecule has 0 aromatic heterocycles. The van der Waals surface area contributed by atoms with Crippen LogP contribution in [0.4, 0.5) is 5.69 Å². The van der Waals surface area contributed by atoms with Crippen molar-refractivity contribution in [2.24, 2.45) is 4.99 Å². The minimum Gasteiger partial charge on any atom is -0.454 e. The van der Waals surface area contributed by atoms with E-state index in [9.17, 15) is 4.79 Å². The van der Waals surface area contributed by atoms with E-state index in [1.54, 1.807) is 24.3 Å². The molecule has 33 heavy (non-hydrogen) atoms. The summed E-state index contributed by atoms with van der Waals surface area (Å²) in [6.45, 7) is 6.59. The Kier molecular flexibility index (Phi) is 5.31. The molecule has 5 rings (SSSR count). The van der Waals surface area contributed by atoms with Crippen LogP contribution in [-0.2, 0) is 0 Å². The zero-order valence-electron chi connectivity index (χ0n) is 18.7. The average molecular weight is 437 g/mol. The molecule has 1 amide bonds. The number of benzene rings is 3. The first kappa shape index (κ1) is 20.8. The van der Waals surface area contributed by atoms with Gasteiger partial charge in [0.2, 0.25) is 0 Å². The normalized spacial score (nSPS) is 14.9. The molecule has 0 aliphatic carbocycles. The van der Waals surface area contributed by atoms with E-state index in [0.717, 1.165) is 39.7 Å². The molecule has 0 N–H and O–H groups in total. The van der Waals surface area contributed by atoms with Crippen molar-refractivity contribution in [2.45, 2.75) is 13.8 Å². The van der Waals surface area contributed by atoms with Crippen molar-refractivity contribution in [2.75, 3.05) is 26.2 Å². The van der Waals surface area contributed by atoms with Crippen molar-refractivity contribution in [1.82, 2.24) is 9.80 Å². The molecule has 0 saturated carbocycles. The largest absolute Gasteiger partial charge is 0.454 e. The minimum atomic E-state index is -0.0463. The molecular weight excluding hydrogens is 412 g/mol. The van der Waals surface area contributed by atoms with Gasteiger partial charge in [-0.3, -0.25) is 4.79 Å². The van der Waals surface area contributed by atoms with Crippen LogP contribution < -0.4 is 4.74 Å². The average Bonchev–Trinajstić information content (AvgIpc) is 3.00. The van der Waals surface area contributed by atoms with Crippen LogP contribution in [0.2, 0.25) is 0 Å². The van der Waals surface area contributed by atoms with E-state index in [1.165, 1.54) is 0 Å². The first-order valence-electron chi connectivity index (χ1n) is 11.0. The van der Waals surface area contributed by atoms with Crippen molar-refractivity contribution in [1.29, 1.82) is 5.26 Å². The van der Waals surface area contributed by atoms with Crippen molar-refractivity contribution < 1.29 is 9.53 Å². The molecule has 0 radical (unpaired) electrons. The Balaban J connectivity index is 1.42. The van der Waals surface area contributed by atoms with Gasteiger partial charge in [-0.05, 0) is 61.9 Å². The summed E-state index contributed by atoms with van der Waals surface area (Å²) in [6.07, 6.45) is 0. The standard InChI is InChI=1S/C27H24N4O2/c1-18-7-9-24-22(14-18)26(29-23-8-6-19(2)15-25(23)33-24)30-10-12-31(13-11-30)27(32)21-5-3-4-20(16-21)17-28/h3-9,14-16H,10-13H2,1-2H3. The van der Waals surface area contributed by atoms with Crippen LogP contribution in [0, 0.1) is 25.2 Å². The second-order valence-electron chi connectivity index (χ2n) is 8.48. The van der Waals surface area contributed by atoms with Gasteiger partial charge < -0.3 is 14.5 Å². The summed E-state index contributed by atoms with van der Waals surface area (Å²) < 4.78 is 6.27. The Hall–Kier alpha value is -4.11. The maximum absolute atomic E-state index is 13.0. The number of hydrogen-bond acceptors (Lipinski definition) is 5. The van der Waals surface area contributed by atoms with Gasteiger partial charge in [0.15, 0.2) is 5.75 Å². The van der Waals surface area contributed by atoms with Crippen LogP contribution in [0.5, 0.6) is 11.5 Å². The van der Waals surface area contributed by atoms with E-state index >= 15 is 0 Å². The lowest BCUT2D eigenvalue weighted by molar-refractivity contribution is 0.0692. The molecule has 2 aliphatic heterocycles. The Labute approximate surface area is 193 Å². The highest BCUT2D eigenvalue weighted by molar-refractivity contribution is 6.04. The van der Waals surface area contributed by atoms with E-state index in [4.69, 9.17) is 15.0 Å². The first-order valence-corrected chi connectivity index (χ1v) is 11.0. The lowest BCUT2D eigenvalue weighted by Gasteiger charge is -2.36. The molecule has 3 aromatic rings. The zero-order chi connectivity index (χ0) is 22.9. The van der Waals surface area contributed by atoms with Crippen molar-refractivity contribution in [3.8, 4) is 17.6 Å². The Morgan fingerprint density at radius 3 is 2.48 bits per heavy atom. The third-order valence-electron chi connectivity index (χ3n) is 6.04. The number of amidine groups is 1. The molecule has 3 aromatic carbocycles. The van der Waals surface area contributed by atoms with Gasteiger partial charge in [-0.1, -0.05) is 23.8 Å². The minimum absolute atomic E-state index is 0.0463. The highest BCUT2D eigenvalue weighted by Crippen LogP contribution is 2.39. The number of nitriles is 1. The summed E-state index contributed by atoms with van der Waals surface area (Å²) in [4.78, 5) is 22.1. The fourth-order valence-corrected chi connectivity index (χ4v) is 4.26. The SMILES string of the molecule is Cc1ccc2c(c1)Oc1ccc(C)cc1C(N1CCN(C(=O)c3cccc(C#N)c3)CC1)=N2. The zero-order valence-corrected chi connectivity index (χ0v) is 18.7. The van der Waals surface area contributed by atoms with Crippen LogP contribution in [0.15, 0.2) is 65.7 Å². The van der Waals surface area contributed by atoms with Gasteiger partial charge in [0.1, 0.15) is 17.3 Å². The van der Waals surface area contributed by atoms with Crippen LogP contribution in [0.3, 0.4) is 0 Å². The predicted molar refractivity (Wildman–Crippen MR) is 127 cm³/mol. The molecule has 0 bridgehead atoms. The summed E-state index contributed by atoms with van der Waals surface area (Å²) in [5.41, 5.74) is 5.06. The number of nitrogens with zero attached hydrogens (tertiary/aromatic N) is 4. The van der Waals surface area contributed by atoms with E-state index in [-0.39, 0.29) is 5.91 Å². The number of rotatable bonds is 1. The number of piperazine rings is 1. The summed E-state index contributed by atoms with van der Waals surface area (Å²) in [5.74, 6) is 2.36. The number of hydrogen-bond donors (Lipinski definition) is 0. The van der Waals surface area contributed by atoms with Crippen molar-refractivity contribution in [3.05, 3.63) is 88.5 Å². The second kappa shape index (κ2) is 8.44. The molecule has 1 saturated heterocycles. The lowest BCUT2D eigenvalue weighted by Crippen LogP contribution is -2.50. The maximum Gasteiger partial charge on any atom is 0.254 e. The Morgan fingerprint density at radius 2 is 1.70 bits per heavy atom. The molecule has 1 fully saturated rings. The molecule has 6 nitrogen and oxygen atoms in total. The van der Waals surface area contributed by atoms with Crippen LogP contribution in [0.1, 0.15) is 32.6 Å². The number of carbonyl (C=O) groups excluding carboxylic acids is 1. The molecular formula is C27H24N4O2. The molecule has 164 valence electrons. The number of carbonyl (C=O) groups is 1. The number of fused-ring (bicyclic) bond motifs is 2. The van der Waals surface area contributed by atoms with Gasteiger partial charge in [-0.25, -0.2) is 4.99 Å². The topological polar surface area (TPSA) is 68.9 Å². The fraction of sp³-hybridized carbons (Fsp3) is 0.222. The van der Waals surface area contributed by atoms with Gasteiger partial charge >= 0.3 is 0 Å². The van der Waals surface area contributed by atoms with E-state index in [1.807, 2.05) is 42.2 Å². The van der Waals surface area contributed by atoms with Crippen LogP contribution in [-0.4, -0.2) is 47.7 Å².